The molecule has 0 aromatic carbocycles. The van der Waals surface area contributed by atoms with Gasteiger partial charge in [0, 0.05) is 17.5 Å². The maximum Gasteiger partial charge on any atom is 0.270 e. The number of aromatic amines is 1. The minimum absolute atomic E-state index is 0.0251. The van der Waals surface area contributed by atoms with Crippen LogP contribution in [-0.2, 0) is 4.79 Å². The summed E-state index contributed by atoms with van der Waals surface area (Å²) in [5, 5.41) is 17.2. The highest BCUT2D eigenvalue weighted by molar-refractivity contribution is 6.00. The zero-order valence-electron chi connectivity index (χ0n) is 20.7. The third kappa shape index (κ3) is 5.27. The molecular formula is C26H32N8O2. The number of aryl methyl sites for hydroxylation is 2. The Morgan fingerprint density at radius 2 is 1.89 bits per heavy atom. The topological polar surface area (TPSA) is 130 Å². The molecule has 36 heavy (non-hydrogen) atoms. The number of rotatable bonds is 9. The van der Waals surface area contributed by atoms with E-state index in [9.17, 15) is 9.59 Å². The third-order valence-electron chi connectivity index (χ3n) is 6.65. The second-order valence-electron chi connectivity index (χ2n) is 9.06. The summed E-state index contributed by atoms with van der Waals surface area (Å²) in [5.74, 6) is -0.347. The number of hydrogen-bond donors (Lipinski definition) is 3. The molecule has 1 fully saturated rings. The molecule has 1 aliphatic carbocycles. The average molecular weight is 489 g/mol. The molecule has 1 aliphatic rings. The smallest absolute Gasteiger partial charge is 0.270 e. The molecule has 3 aromatic rings. The number of amides is 2. The van der Waals surface area contributed by atoms with Crippen molar-refractivity contribution in [2.75, 3.05) is 5.32 Å². The minimum Gasteiger partial charge on any atom is -0.339 e. The molecule has 2 amide bonds. The fraction of sp³-hybridized carbons (Fsp3) is 0.385. The van der Waals surface area contributed by atoms with Crippen molar-refractivity contribution >= 4 is 17.6 Å². The van der Waals surface area contributed by atoms with Crippen LogP contribution in [0.25, 0.3) is 11.3 Å². The van der Waals surface area contributed by atoms with E-state index in [1.165, 1.54) is 10.9 Å². The van der Waals surface area contributed by atoms with Crippen LogP contribution in [-0.4, -0.2) is 47.8 Å². The van der Waals surface area contributed by atoms with Gasteiger partial charge < -0.3 is 10.6 Å². The lowest BCUT2D eigenvalue weighted by molar-refractivity contribution is -0.119. The van der Waals surface area contributed by atoms with Gasteiger partial charge in [0.1, 0.15) is 11.7 Å². The number of allylic oxidation sites excluding steroid dienone is 2. The predicted molar refractivity (Wildman–Crippen MR) is 137 cm³/mol. The molecule has 3 heterocycles. The van der Waals surface area contributed by atoms with Gasteiger partial charge in [0.2, 0.25) is 5.91 Å². The quantitative estimate of drug-likeness (QED) is 0.392. The van der Waals surface area contributed by atoms with Gasteiger partial charge in [-0.05, 0) is 38.7 Å². The number of nitrogens with zero attached hydrogens (tertiary/aromatic N) is 5. The van der Waals surface area contributed by atoms with Gasteiger partial charge in [-0.1, -0.05) is 31.4 Å². The molecule has 1 saturated carbocycles. The van der Waals surface area contributed by atoms with Gasteiger partial charge in [-0.15, -0.1) is 13.2 Å². The second-order valence-corrected chi connectivity index (χ2v) is 9.06. The Balaban J connectivity index is 1.53. The van der Waals surface area contributed by atoms with E-state index in [1.807, 2.05) is 13.8 Å². The standard InChI is InChI=1S/C26H32N8O2/c1-5-19(6-2)34-21(12-13-29-34)25(35)31-24(18-10-8-7-9-11-18)26(36)30-22-15-27-20(14-28-22)23-16(3)32-33-17(23)4/h5-6,12-15,18-19,24H,1-2,7-11H2,3-4H3,(H,31,35)(H,32,33)(H,28,30,36)/t24-/m0/s1. The van der Waals surface area contributed by atoms with Crippen molar-refractivity contribution in [3.63, 3.8) is 0 Å². The first-order chi connectivity index (χ1) is 17.4. The Labute approximate surface area is 210 Å². The van der Waals surface area contributed by atoms with E-state index in [1.54, 1.807) is 30.6 Å². The van der Waals surface area contributed by atoms with Gasteiger partial charge in [0.25, 0.3) is 5.91 Å². The molecule has 3 N–H and O–H groups in total. The molecule has 0 saturated heterocycles. The highest BCUT2D eigenvalue weighted by atomic mass is 16.2. The minimum atomic E-state index is -0.716. The molecule has 10 nitrogen and oxygen atoms in total. The van der Waals surface area contributed by atoms with Crippen LogP contribution in [0.3, 0.4) is 0 Å². The lowest BCUT2D eigenvalue weighted by Gasteiger charge is -2.30. The summed E-state index contributed by atoms with van der Waals surface area (Å²) in [7, 11) is 0. The molecule has 0 radical (unpaired) electrons. The van der Waals surface area contributed by atoms with E-state index in [2.05, 4.69) is 49.1 Å². The van der Waals surface area contributed by atoms with Gasteiger partial charge >= 0.3 is 0 Å². The highest BCUT2D eigenvalue weighted by Gasteiger charge is 2.32. The van der Waals surface area contributed by atoms with Crippen LogP contribution in [0.2, 0.25) is 0 Å². The SMILES string of the molecule is C=CC(C=C)n1nccc1C(=O)N[C@H](C(=O)Nc1cnc(-c2c(C)n[nH]c2C)cn1)C1CCCCC1. The number of H-pyrrole nitrogens is 1. The molecule has 0 spiro atoms. The van der Waals surface area contributed by atoms with E-state index < -0.39 is 6.04 Å². The van der Waals surface area contributed by atoms with Crippen molar-refractivity contribution in [2.45, 2.75) is 58.0 Å². The molecule has 1 atom stereocenters. The molecule has 0 bridgehead atoms. The number of carbonyl (C=O) groups excluding carboxylic acids is 2. The summed E-state index contributed by atoms with van der Waals surface area (Å²) in [4.78, 5) is 35.5. The van der Waals surface area contributed by atoms with Crippen LogP contribution >= 0.6 is 0 Å². The Morgan fingerprint density at radius 3 is 2.50 bits per heavy atom. The van der Waals surface area contributed by atoms with Gasteiger partial charge in [0.05, 0.1) is 29.8 Å². The summed E-state index contributed by atoms with van der Waals surface area (Å²) < 4.78 is 1.54. The van der Waals surface area contributed by atoms with Crippen LogP contribution < -0.4 is 10.6 Å². The summed E-state index contributed by atoms with van der Waals surface area (Å²) in [6, 6.07) is 0.570. The maximum absolute atomic E-state index is 13.4. The average Bonchev–Trinajstić information content (AvgIpc) is 3.51. The van der Waals surface area contributed by atoms with Crippen molar-refractivity contribution in [1.29, 1.82) is 0 Å². The Kier molecular flexibility index (Phi) is 7.72. The molecule has 10 heteroatoms. The summed E-state index contributed by atoms with van der Waals surface area (Å²) in [6.07, 6.45) is 12.9. The fourth-order valence-corrected chi connectivity index (χ4v) is 4.76. The fourth-order valence-electron chi connectivity index (χ4n) is 4.76. The van der Waals surface area contributed by atoms with Gasteiger partial charge in [-0.3, -0.25) is 19.7 Å². The van der Waals surface area contributed by atoms with E-state index in [0.717, 1.165) is 49.1 Å². The molecular weight excluding hydrogens is 456 g/mol. The van der Waals surface area contributed by atoms with Gasteiger partial charge in [-0.2, -0.15) is 10.2 Å². The second kappa shape index (κ2) is 11.1. The monoisotopic (exact) mass is 488 g/mol. The Hall–Kier alpha value is -4.08. The van der Waals surface area contributed by atoms with E-state index in [-0.39, 0.29) is 23.8 Å². The van der Waals surface area contributed by atoms with Crippen LogP contribution in [0.15, 0.2) is 50.0 Å². The largest absolute Gasteiger partial charge is 0.339 e. The zero-order chi connectivity index (χ0) is 25.7. The first-order valence-corrected chi connectivity index (χ1v) is 12.2. The number of anilines is 1. The molecule has 0 aliphatic heterocycles. The Bertz CT molecular complexity index is 1210. The molecule has 3 aromatic heterocycles. The van der Waals surface area contributed by atoms with Crippen LogP contribution in [0.4, 0.5) is 5.82 Å². The lowest BCUT2D eigenvalue weighted by Crippen LogP contribution is -2.49. The molecule has 0 unspecified atom stereocenters. The molecule has 188 valence electrons. The predicted octanol–water partition coefficient (Wildman–Crippen LogP) is 3.91. The van der Waals surface area contributed by atoms with Crippen molar-refractivity contribution in [3.8, 4) is 11.3 Å². The van der Waals surface area contributed by atoms with E-state index in [4.69, 9.17) is 0 Å². The number of hydrogen-bond acceptors (Lipinski definition) is 6. The first-order valence-electron chi connectivity index (χ1n) is 12.2. The summed E-state index contributed by atoms with van der Waals surface area (Å²) >= 11 is 0. The Morgan fingerprint density at radius 1 is 1.14 bits per heavy atom. The number of carbonyl (C=O) groups is 2. The van der Waals surface area contributed by atoms with Gasteiger partial charge in [-0.25, -0.2) is 9.67 Å². The lowest BCUT2D eigenvalue weighted by atomic mass is 9.83. The van der Waals surface area contributed by atoms with E-state index >= 15 is 0 Å². The van der Waals surface area contributed by atoms with Crippen molar-refractivity contribution in [3.05, 3.63) is 67.0 Å². The van der Waals surface area contributed by atoms with Crippen LogP contribution in [0.1, 0.15) is 60.0 Å². The van der Waals surface area contributed by atoms with Crippen molar-refractivity contribution < 1.29 is 9.59 Å². The summed E-state index contributed by atoms with van der Waals surface area (Å²) in [6.45, 7) is 11.4. The van der Waals surface area contributed by atoms with Crippen molar-refractivity contribution in [2.24, 2.45) is 5.92 Å². The first kappa shape index (κ1) is 25.0. The van der Waals surface area contributed by atoms with E-state index in [0.29, 0.717) is 17.2 Å². The third-order valence-corrected chi connectivity index (χ3v) is 6.65. The van der Waals surface area contributed by atoms with Crippen LogP contribution in [0.5, 0.6) is 0 Å². The highest BCUT2D eigenvalue weighted by Crippen LogP contribution is 2.28. The van der Waals surface area contributed by atoms with Crippen molar-refractivity contribution in [1.82, 2.24) is 35.3 Å². The normalized spacial score (nSPS) is 14.9. The number of aromatic nitrogens is 6. The van der Waals surface area contributed by atoms with Gasteiger partial charge in [0.15, 0.2) is 5.82 Å². The summed E-state index contributed by atoms with van der Waals surface area (Å²) in [5.41, 5.74) is 3.62. The molecule has 4 rings (SSSR count). The van der Waals surface area contributed by atoms with Crippen LogP contribution in [0, 0.1) is 19.8 Å². The maximum atomic E-state index is 13.4. The zero-order valence-corrected chi connectivity index (χ0v) is 20.7. The number of nitrogens with one attached hydrogen (secondary N) is 3.